The highest BCUT2D eigenvalue weighted by Crippen LogP contribution is 2.53. The molecule has 1 saturated carbocycles. The number of hydrogen-bond acceptors (Lipinski definition) is 5. The van der Waals surface area contributed by atoms with Gasteiger partial charge in [0.25, 0.3) is 11.8 Å². The van der Waals surface area contributed by atoms with E-state index in [4.69, 9.17) is 55.9 Å². The summed E-state index contributed by atoms with van der Waals surface area (Å²) in [5.74, 6) is 0.222. The smallest absolute Gasteiger partial charge is 0.269 e. The number of benzene rings is 3. The van der Waals surface area contributed by atoms with Crippen LogP contribution in [0.1, 0.15) is 48.5 Å². The van der Waals surface area contributed by atoms with Gasteiger partial charge in [0.15, 0.2) is 5.69 Å². The van der Waals surface area contributed by atoms with Crippen molar-refractivity contribution in [2.45, 2.75) is 38.1 Å². The Kier molecular flexibility index (Phi) is 7.32. The molecule has 0 saturated heterocycles. The summed E-state index contributed by atoms with van der Waals surface area (Å²) in [5.41, 5.74) is 2.81. The van der Waals surface area contributed by atoms with Crippen LogP contribution in [0.2, 0.25) is 20.1 Å². The third kappa shape index (κ3) is 5.24. The minimum absolute atomic E-state index is 0.119. The largest absolute Gasteiger partial charge is 0.418 e. The Hall–Kier alpha value is -3.36. The van der Waals surface area contributed by atoms with Crippen LogP contribution in [0.15, 0.2) is 71.1 Å². The zero-order valence-corrected chi connectivity index (χ0v) is 25.0. The lowest BCUT2D eigenvalue weighted by Crippen LogP contribution is -2.30. The Bertz CT molecular complexity index is 1760. The van der Waals surface area contributed by atoms with E-state index in [1.807, 2.05) is 50.2 Å². The molecule has 0 aliphatic heterocycles. The maximum atomic E-state index is 13.8. The Morgan fingerprint density at radius 2 is 1.54 bits per heavy atom. The summed E-state index contributed by atoms with van der Waals surface area (Å²) < 4.78 is 7.90. The van der Waals surface area contributed by atoms with Gasteiger partial charge < -0.3 is 9.73 Å². The van der Waals surface area contributed by atoms with Crippen LogP contribution in [0.5, 0.6) is 0 Å². The second-order valence-electron chi connectivity index (χ2n) is 10.2. The minimum Gasteiger partial charge on any atom is -0.418 e. The molecule has 3 aromatic carbocycles. The first-order valence-electron chi connectivity index (χ1n) is 12.9. The molecule has 2 heterocycles. The molecule has 0 spiro atoms. The highest BCUT2D eigenvalue weighted by molar-refractivity contribution is 6.35. The van der Waals surface area contributed by atoms with Gasteiger partial charge in [-0.15, -0.1) is 10.2 Å². The zero-order chi connectivity index (χ0) is 28.9. The first kappa shape index (κ1) is 27.8. The quantitative estimate of drug-likeness (QED) is 0.196. The predicted molar refractivity (Wildman–Crippen MR) is 161 cm³/mol. The van der Waals surface area contributed by atoms with Crippen LogP contribution in [0, 0.1) is 0 Å². The van der Waals surface area contributed by atoms with Gasteiger partial charge in [0.05, 0.1) is 27.4 Å². The van der Waals surface area contributed by atoms with E-state index in [1.54, 1.807) is 35.0 Å². The van der Waals surface area contributed by atoms with Crippen molar-refractivity contribution in [3.63, 3.8) is 0 Å². The van der Waals surface area contributed by atoms with Crippen LogP contribution in [-0.4, -0.2) is 31.9 Å². The zero-order valence-electron chi connectivity index (χ0n) is 22.0. The number of nitrogens with one attached hydrogen (secondary N) is 1. The molecule has 2 aromatic heterocycles. The fourth-order valence-electron chi connectivity index (χ4n) is 4.85. The molecule has 1 amide bonds. The van der Waals surface area contributed by atoms with Gasteiger partial charge in [-0.05, 0) is 74.7 Å². The molecule has 1 fully saturated rings. The number of halogens is 4. The van der Waals surface area contributed by atoms with Gasteiger partial charge >= 0.3 is 0 Å². The van der Waals surface area contributed by atoms with Gasteiger partial charge in [-0.25, -0.2) is 4.68 Å². The van der Waals surface area contributed by atoms with E-state index in [9.17, 15) is 4.79 Å². The van der Waals surface area contributed by atoms with E-state index in [-0.39, 0.29) is 29.1 Å². The summed E-state index contributed by atoms with van der Waals surface area (Å²) in [6.07, 6.45) is 1.70. The van der Waals surface area contributed by atoms with Crippen LogP contribution < -0.4 is 5.32 Å². The van der Waals surface area contributed by atoms with Crippen molar-refractivity contribution < 1.29 is 9.21 Å². The Morgan fingerprint density at radius 3 is 2.15 bits per heavy atom. The number of aromatic nitrogens is 4. The SMILES string of the molecule is CC(C)NC(=O)c1c(-c2nnc(C3(c4ccc(Cl)cc4)CC3)o2)nn(-c2ccc(Cl)cc2Cl)c1-c1ccc(Cl)cc1. The van der Waals surface area contributed by atoms with Crippen molar-refractivity contribution in [2.75, 3.05) is 0 Å². The molecule has 5 aromatic rings. The van der Waals surface area contributed by atoms with E-state index < -0.39 is 5.41 Å². The summed E-state index contributed by atoms with van der Waals surface area (Å²) in [4.78, 5) is 13.8. The number of nitrogens with zero attached hydrogens (tertiary/aromatic N) is 4. The molecule has 1 aliphatic carbocycles. The highest BCUT2D eigenvalue weighted by Gasteiger charge is 2.51. The topological polar surface area (TPSA) is 85.8 Å². The third-order valence-electron chi connectivity index (χ3n) is 6.97. The van der Waals surface area contributed by atoms with E-state index >= 15 is 0 Å². The minimum atomic E-state index is -0.406. The highest BCUT2D eigenvalue weighted by atomic mass is 35.5. The van der Waals surface area contributed by atoms with Crippen LogP contribution in [0.3, 0.4) is 0 Å². The van der Waals surface area contributed by atoms with E-state index in [1.165, 1.54) is 0 Å². The Morgan fingerprint density at radius 1 is 0.902 bits per heavy atom. The van der Waals surface area contributed by atoms with Gasteiger partial charge in [0.2, 0.25) is 5.89 Å². The molecule has 6 rings (SSSR count). The number of carbonyl (C=O) groups is 1. The summed E-state index contributed by atoms with van der Waals surface area (Å²) in [7, 11) is 0. The lowest BCUT2D eigenvalue weighted by atomic mass is 9.96. The molecule has 1 aliphatic rings. The van der Waals surface area contributed by atoms with Crippen LogP contribution in [-0.2, 0) is 5.41 Å². The van der Waals surface area contributed by atoms with Gasteiger partial charge in [0, 0.05) is 26.7 Å². The normalized spacial score (nSPS) is 13.9. The van der Waals surface area contributed by atoms with Crippen LogP contribution in [0.4, 0.5) is 0 Å². The fraction of sp³-hybridized carbons (Fsp3) is 0.200. The number of rotatable bonds is 7. The maximum Gasteiger partial charge on any atom is 0.269 e. The van der Waals surface area contributed by atoms with Gasteiger partial charge in [-0.1, -0.05) is 70.7 Å². The first-order valence-corrected chi connectivity index (χ1v) is 14.4. The van der Waals surface area contributed by atoms with E-state index in [0.717, 1.165) is 18.4 Å². The van der Waals surface area contributed by atoms with Crippen molar-refractivity contribution in [3.05, 3.63) is 104 Å². The Balaban J connectivity index is 1.57. The third-order valence-corrected chi connectivity index (χ3v) is 8.01. The van der Waals surface area contributed by atoms with E-state index in [2.05, 4.69) is 15.5 Å². The van der Waals surface area contributed by atoms with Crippen molar-refractivity contribution >= 4 is 52.3 Å². The first-order chi connectivity index (χ1) is 19.7. The summed E-state index contributed by atoms with van der Waals surface area (Å²) >= 11 is 25.2. The number of carbonyl (C=O) groups excluding carboxylic acids is 1. The molecule has 41 heavy (non-hydrogen) atoms. The average Bonchev–Trinajstić information content (AvgIpc) is 3.41. The lowest BCUT2D eigenvalue weighted by Gasteiger charge is -2.13. The number of amides is 1. The Labute approximate surface area is 256 Å². The lowest BCUT2D eigenvalue weighted by molar-refractivity contribution is 0.0944. The number of hydrogen-bond donors (Lipinski definition) is 1. The van der Waals surface area contributed by atoms with Crippen molar-refractivity contribution in [3.8, 4) is 28.5 Å². The maximum absolute atomic E-state index is 13.8. The van der Waals surface area contributed by atoms with Crippen molar-refractivity contribution in [2.24, 2.45) is 0 Å². The van der Waals surface area contributed by atoms with Crippen LogP contribution >= 0.6 is 46.4 Å². The van der Waals surface area contributed by atoms with Gasteiger partial charge in [-0.3, -0.25) is 4.79 Å². The molecule has 1 N–H and O–H groups in total. The van der Waals surface area contributed by atoms with Gasteiger partial charge in [0.1, 0.15) is 0 Å². The van der Waals surface area contributed by atoms with Gasteiger partial charge in [-0.2, -0.15) is 5.10 Å². The molecular weight excluding hydrogens is 604 g/mol. The predicted octanol–water partition coefficient (Wildman–Crippen LogP) is 8.42. The molecule has 0 radical (unpaired) electrons. The monoisotopic (exact) mass is 625 g/mol. The van der Waals surface area contributed by atoms with Crippen molar-refractivity contribution in [1.82, 2.24) is 25.3 Å². The molecule has 7 nitrogen and oxygen atoms in total. The second-order valence-corrected chi connectivity index (χ2v) is 11.9. The second kappa shape index (κ2) is 10.8. The molecule has 11 heteroatoms. The molecular formula is C30H23Cl4N5O2. The fourth-order valence-corrected chi connectivity index (χ4v) is 5.59. The molecule has 208 valence electrons. The summed E-state index contributed by atoms with van der Waals surface area (Å²) in [6, 6.07) is 19.7. The van der Waals surface area contributed by atoms with Crippen LogP contribution in [0.25, 0.3) is 28.5 Å². The van der Waals surface area contributed by atoms with Crippen molar-refractivity contribution in [1.29, 1.82) is 0 Å². The molecule has 0 unspecified atom stereocenters. The molecule has 0 atom stereocenters. The summed E-state index contributed by atoms with van der Waals surface area (Å²) in [5, 5.41) is 18.7. The summed E-state index contributed by atoms with van der Waals surface area (Å²) in [6.45, 7) is 3.77. The standard InChI is InChI=1S/C30H23Cl4N5O2/c1-16(2)35-27(40)24-25(28-36-37-29(41-28)30(13-14-30)18-5-9-20(32)10-6-18)38-39(23-12-11-21(33)15-22(23)34)26(24)17-3-7-19(31)8-4-17/h3-12,15-16H,13-14H2,1-2H3,(H,35,40). The van der Waals surface area contributed by atoms with E-state index in [0.29, 0.717) is 42.9 Å². The molecule has 0 bridgehead atoms. The average molecular weight is 627 g/mol.